The van der Waals surface area contributed by atoms with E-state index in [1.54, 1.807) is 0 Å². The van der Waals surface area contributed by atoms with Crippen LogP contribution in [0.15, 0.2) is 0 Å². The molecule has 7 unspecified atom stereocenters. The molecule has 3 rings (SSSR count). The first-order chi connectivity index (χ1) is 22.1. The normalized spacial score (nSPS) is 23.9. The van der Waals surface area contributed by atoms with Gasteiger partial charge < -0.3 is 16.0 Å². The standard InChI is InChI=1S/3C14H27NO/c2*1-6-7-11(9-12-8-10(12)2)13(16)15-14(3,4)5;1-5-7-12(10-11-8-6-9-11)13(16)15-14(2,3)4/h2*10-12H,6-9H2,1-5H3,(H,15,16);11-12H,5-10H2,1-4H3,(H,15,16). The highest BCUT2D eigenvalue weighted by Gasteiger charge is 2.37. The van der Waals surface area contributed by atoms with Crippen LogP contribution in [0.1, 0.15) is 187 Å². The minimum Gasteiger partial charge on any atom is -0.351 e. The molecule has 48 heavy (non-hydrogen) atoms. The van der Waals surface area contributed by atoms with Gasteiger partial charge in [0.2, 0.25) is 17.7 Å². The maximum atomic E-state index is 12.1. The van der Waals surface area contributed by atoms with Crippen LogP contribution in [-0.2, 0) is 14.4 Å². The summed E-state index contributed by atoms with van der Waals surface area (Å²) in [5, 5.41) is 9.34. The van der Waals surface area contributed by atoms with Crippen molar-refractivity contribution in [3.05, 3.63) is 0 Å². The van der Waals surface area contributed by atoms with Gasteiger partial charge in [-0.2, -0.15) is 0 Å². The fraction of sp³-hybridized carbons (Fsp3) is 0.929. The molecule has 0 aromatic heterocycles. The van der Waals surface area contributed by atoms with Gasteiger partial charge in [-0.15, -0.1) is 0 Å². The zero-order chi connectivity index (χ0) is 36.9. The van der Waals surface area contributed by atoms with Gasteiger partial charge in [0.1, 0.15) is 0 Å². The van der Waals surface area contributed by atoms with E-state index in [1.807, 2.05) is 41.5 Å². The predicted octanol–water partition coefficient (Wildman–Crippen LogP) is 10.2. The molecule has 6 heteroatoms. The lowest BCUT2D eigenvalue weighted by atomic mass is 9.77. The Balaban J connectivity index is 0.000000360. The van der Waals surface area contributed by atoms with Crippen molar-refractivity contribution in [2.75, 3.05) is 0 Å². The van der Waals surface area contributed by atoms with Crippen LogP contribution in [0.3, 0.4) is 0 Å². The summed E-state index contributed by atoms with van der Waals surface area (Å²) in [6.07, 6.45) is 16.4. The molecule has 3 aliphatic carbocycles. The number of amides is 3. The van der Waals surface area contributed by atoms with Gasteiger partial charge in [0.15, 0.2) is 0 Å². The van der Waals surface area contributed by atoms with Gasteiger partial charge in [-0.05, 0) is 143 Å². The van der Waals surface area contributed by atoms with Crippen LogP contribution in [0.2, 0.25) is 0 Å². The van der Waals surface area contributed by atoms with Crippen LogP contribution >= 0.6 is 0 Å². The lowest BCUT2D eigenvalue weighted by molar-refractivity contribution is -0.128. The quantitative estimate of drug-likeness (QED) is 0.161. The second kappa shape index (κ2) is 20.3. The second-order valence-electron chi connectivity index (χ2n) is 19.1. The molecule has 7 atom stereocenters. The third-order valence-corrected chi connectivity index (χ3v) is 10.1. The molecule has 6 nitrogen and oxygen atoms in total. The molecule has 0 aliphatic heterocycles. The summed E-state index contributed by atoms with van der Waals surface area (Å²) in [6, 6.07) is 0. The average molecular weight is 676 g/mol. The number of hydrogen-bond donors (Lipinski definition) is 3. The van der Waals surface area contributed by atoms with Crippen molar-refractivity contribution in [2.24, 2.45) is 47.3 Å². The highest BCUT2D eigenvalue weighted by atomic mass is 16.2. The van der Waals surface area contributed by atoms with Crippen LogP contribution in [0.25, 0.3) is 0 Å². The van der Waals surface area contributed by atoms with E-state index in [2.05, 4.69) is 71.3 Å². The summed E-state index contributed by atoms with van der Waals surface area (Å²) in [7, 11) is 0. The van der Waals surface area contributed by atoms with Crippen molar-refractivity contribution in [3.63, 3.8) is 0 Å². The van der Waals surface area contributed by atoms with E-state index < -0.39 is 0 Å². The maximum Gasteiger partial charge on any atom is 0.223 e. The minimum atomic E-state index is -0.0990. The van der Waals surface area contributed by atoms with Crippen molar-refractivity contribution >= 4 is 17.7 Å². The van der Waals surface area contributed by atoms with Gasteiger partial charge in [-0.25, -0.2) is 0 Å². The van der Waals surface area contributed by atoms with Crippen molar-refractivity contribution in [3.8, 4) is 0 Å². The molecule has 0 heterocycles. The fourth-order valence-electron chi connectivity index (χ4n) is 6.85. The number of rotatable bonds is 15. The van der Waals surface area contributed by atoms with E-state index in [0.717, 1.165) is 87.4 Å². The second-order valence-corrected chi connectivity index (χ2v) is 19.1. The molecular formula is C42H81N3O3. The van der Waals surface area contributed by atoms with Crippen LogP contribution < -0.4 is 16.0 Å². The molecule has 0 bridgehead atoms. The Hall–Kier alpha value is -1.59. The molecule has 0 radical (unpaired) electrons. The van der Waals surface area contributed by atoms with Gasteiger partial charge in [0, 0.05) is 34.4 Å². The largest absolute Gasteiger partial charge is 0.351 e. The lowest BCUT2D eigenvalue weighted by Gasteiger charge is -2.31. The highest BCUT2D eigenvalue weighted by Crippen LogP contribution is 2.44. The number of nitrogens with one attached hydrogen (secondary N) is 3. The molecule has 282 valence electrons. The molecular weight excluding hydrogens is 594 g/mol. The van der Waals surface area contributed by atoms with Crippen LogP contribution in [0.4, 0.5) is 0 Å². The van der Waals surface area contributed by atoms with Gasteiger partial charge in [-0.1, -0.05) is 73.1 Å². The number of carbonyl (C=O) groups excluding carboxylic acids is 3. The van der Waals surface area contributed by atoms with Crippen LogP contribution in [0, 0.1) is 47.3 Å². The van der Waals surface area contributed by atoms with Crippen molar-refractivity contribution in [2.45, 2.75) is 203 Å². The SMILES string of the molecule is CCCC(CC1CC1C)C(=O)NC(C)(C)C.CCCC(CC1CC1C)C(=O)NC(C)(C)C.CCCC(CC1CCC1)C(=O)NC(C)(C)C. The minimum absolute atomic E-state index is 0.0946. The summed E-state index contributed by atoms with van der Waals surface area (Å²) in [6.45, 7) is 29.5. The average Bonchev–Trinajstić information content (AvgIpc) is 3.80. The van der Waals surface area contributed by atoms with E-state index in [-0.39, 0.29) is 52.1 Å². The molecule has 3 saturated carbocycles. The Morgan fingerprint density at radius 3 is 1.00 bits per heavy atom. The summed E-state index contributed by atoms with van der Waals surface area (Å²) in [5.41, 5.74) is -0.292. The molecule has 3 N–H and O–H groups in total. The Bertz CT molecular complexity index is 844. The van der Waals surface area contributed by atoms with Gasteiger partial charge >= 0.3 is 0 Å². The van der Waals surface area contributed by atoms with Crippen molar-refractivity contribution in [1.29, 1.82) is 0 Å². The van der Waals surface area contributed by atoms with Crippen LogP contribution in [-0.4, -0.2) is 34.3 Å². The number of hydrogen-bond acceptors (Lipinski definition) is 3. The molecule has 3 amide bonds. The molecule has 0 aromatic rings. The Morgan fingerprint density at radius 2 is 0.812 bits per heavy atom. The van der Waals surface area contributed by atoms with Crippen molar-refractivity contribution in [1.82, 2.24) is 16.0 Å². The van der Waals surface area contributed by atoms with E-state index in [0.29, 0.717) is 0 Å². The van der Waals surface area contributed by atoms with Crippen LogP contribution in [0.5, 0.6) is 0 Å². The fourth-order valence-corrected chi connectivity index (χ4v) is 6.85. The molecule has 3 aliphatic rings. The van der Waals surface area contributed by atoms with Gasteiger partial charge in [0.05, 0.1) is 0 Å². The lowest BCUT2D eigenvalue weighted by Crippen LogP contribution is -2.44. The summed E-state index contributed by atoms with van der Waals surface area (Å²) in [4.78, 5) is 36.3. The molecule has 0 spiro atoms. The third-order valence-electron chi connectivity index (χ3n) is 10.1. The monoisotopic (exact) mass is 676 g/mol. The van der Waals surface area contributed by atoms with Gasteiger partial charge in [-0.3, -0.25) is 14.4 Å². The third kappa shape index (κ3) is 20.2. The highest BCUT2D eigenvalue weighted by molar-refractivity contribution is 5.80. The number of carbonyl (C=O) groups is 3. The van der Waals surface area contributed by atoms with E-state index in [9.17, 15) is 14.4 Å². The predicted molar refractivity (Wildman–Crippen MR) is 205 cm³/mol. The Kier molecular flexibility index (Phi) is 18.8. The Labute approximate surface area is 298 Å². The first-order valence-corrected chi connectivity index (χ1v) is 20.0. The van der Waals surface area contributed by atoms with Gasteiger partial charge in [0.25, 0.3) is 0 Å². The summed E-state index contributed by atoms with van der Waals surface area (Å²) < 4.78 is 0. The zero-order valence-corrected chi connectivity index (χ0v) is 34.2. The first kappa shape index (κ1) is 44.4. The Morgan fingerprint density at radius 1 is 0.542 bits per heavy atom. The van der Waals surface area contributed by atoms with E-state index >= 15 is 0 Å². The summed E-state index contributed by atoms with van der Waals surface area (Å²) in [5.74, 6) is 5.63. The first-order valence-electron chi connectivity index (χ1n) is 20.0. The van der Waals surface area contributed by atoms with E-state index in [4.69, 9.17) is 0 Å². The molecule has 3 fully saturated rings. The summed E-state index contributed by atoms with van der Waals surface area (Å²) >= 11 is 0. The topological polar surface area (TPSA) is 87.3 Å². The smallest absolute Gasteiger partial charge is 0.223 e. The van der Waals surface area contributed by atoms with E-state index in [1.165, 1.54) is 32.1 Å². The maximum absolute atomic E-state index is 12.1. The molecule has 0 aromatic carbocycles. The zero-order valence-electron chi connectivity index (χ0n) is 34.2. The van der Waals surface area contributed by atoms with Crippen molar-refractivity contribution < 1.29 is 14.4 Å². The molecule has 0 saturated heterocycles.